The van der Waals surface area contributed by atoms with E-state index in [0.717, 1.165) is 35.2 Å². The Labute approximate surface area is 176 Å². The van der Waals surface area contributed by atoms with Crippen molar-refractivity contribution < 1.29 is 14.6 Å². The number of nitrogens with zero attached hydrogens (tertiary/aromatic N) is 3. The predicted octanol–water partition coefficient (Wildman–Crippen LogP) is 2.74. The molecule has 1 aliphatic rings. The first-order chi connectivity index (χ1) is 14.5. The quantitative estimate of drug-likeness (QED) is 0.656. The number of hydrogen-bond acceptors (Lipinski definition) is 5. The van der Waals surface area contributed by atoms with Gasteiger partial charge < -0.3 is 20.1 Å². The van der Waals surface area contributed by atoms with E-state index in [9.17, 15) is 9.90 Å². The number of fused-ring (bicyclic) bond motifs is 1. The van der Waals surface area contributed by atoms with Crippen molar-refractivity contribution in [3.63, 3.8) is 0 Å². The van der Waals surface area contributed by atoms with Crippen LogP contribution in [0, 0.1) is 0 Å². The van der Waals surface area contributed by atoms with Crippen LogP contribution in [0.4, 0.5) is 5.69 Å². The van der Waals surface area contributed by atoms with E-state index in [2.05, 4.69) is 17.3 Å². The van der Waals surface area contributed by atoms with E-state index in [4.69, 9.17) is 9.84 Å². The summed E-state index contributed by atoms with van der Waals surface area (Å²) in [5, 5.41) is 19.9. The van der Waals surface area contributed by atoms with Crippen LogP contribution in [0.1, 0.15) is 12.8 Å². The van der Waals surface area contributed by atoms with Crippen molar-refractivity contribution in [3.05, 3.63) is 48.5 Å². The SMILES string of the molecule is COCC(=O)Nc1ccc2c(-c3ccccc3)nn(CC3(O)CCN(C)CC3)c2c1. The lowest BCUT2D eigenvalue weighted by Gasteiger charge is -2.36. The summed E-state index contributed by atoms with van der Waals surface area (Å²) in [6.45, 7) is 2.14. The molecule has 2 heterocycles. The minimum absolute atomic E-state index is 0.000165. The Morgan fingerprint density at radius 2 is 1.93 bits per heavy atom. The minimum Gasteiger partial charge on any atom is -0.388 e. The normalized spacial score (nSPS) is 16.6. The highest BCUT2D eigenvalue weighted by atomic mass is 16.5. The van der Waals surface area contributed by atoms with Gasteiger partial charge >= 0.3 is 0 Å². The minimum atomic E-state index is -0.797. The first-order valence-electron chi connectivity index (χ1n) is 10.2. The number of likely N-dealkylation sites (tertiary alicyclic amines) is 1. The summed E-state index contributed by atoms with van der Waals surface area (Å²) in [5.41, 5.74) is 2.66. The highest BCUT2D eigenvalue weighted by Gasteiger charge is 2.32. The highest BCUT2D eigenvalue weighted by Crippen LogP contribution is 2.32. The molecule has 1 saturated heterocycles. The molecule has 0 aliphatic carbocycles. The summed E-state index contributed by atoms with van der Waals surface area (Å²) in [4.78, 5) is 14.2. The number of aliphatic hydroxyl groups is 1. The zero-order valence-electron chi connectivity index (χ0n) is 17.5. The molecule has 4 rings (SSSR count). The van der Waals surface area contributed by atoms with Gasteiger partial charge in [-0.15, -0.1) is 0 Å². The molecule has 7 heteroatoms. The van der Waals surface area contributed by atoms with Crippen molar-refractivity contribution >= 4 is 22.5 Å². The molecule has 0 radical (unpaired) electrons. The maximum absolute atomic E-state index is 12.0. The van der Waals surface area contributed by atoms with Gasteiger partial charge in [-0.3, -0.25) is 9.48 Å². The largest absolute Gasteiger partial charge is 0.388 e. The van der Waals surface area contributed by atoms with Crippen molar-refractivity contribution in [1.29, 1.82) is 0 Å². The molecule has 0 unspecified atom stereocenters. The Hall–Kier alpha value is -2.74. The van der Waals surface area contributed by atoms with Crippen LogP contribution in [0.3, 0.4) is 0 Å². The van der Waals surface area contributed by atoms with Crippen LogP contribution in [0.25, 0.3) is 22.2 Å². The summed E-state index contributed by atoms with van der Waals surface area (Å²) in [7, 11) is 3.57. The second-order valence-corrected chi connectivity index (χ2v) is 8.11. The molecule has 30 heavy (non-hydrogen) atoms. The number of amides is 1. The molecule has 0 bridgehead atoms. The molecule has 1 aliphatic heterocycles. The molecule has 1 fully saturated rings. The van der Waals surface area contributed by atoms with E-state index >= 15 is 0 Å². The van der Waals surface area contributed by atoms with Gasteiger partial charge in [0.05, 0.1) is 17.7 Å². The van der Waals surface area contributed by atoms with Crippen molar-refractivity contribution in [2.75, 3.05) is 39.2 Å². The van der Waals surface area contributed by atoms with E-state index in [-0.39, 0.29) is 12.5 Å². The summed E-state index contributed by atoms with van der Waals surface area (Å²) < 4.78 is 6.79. The lowest BCUT2D eigenvalue weighted by Crippen LogP contribution is -2.45. The van der Waals surface area contributed by atoms with E-state index in [1.165, 1.54) is 7.11 Å². The second kappa shape index (κ2) is 8.55. The number of anilines is 1. The van der Waals surface area contributed by atoms with Crippen molar-refractivity contribution in [3.8, 4) is 11.3 Å². The average Bonchev–Trinajstić information content (AvgIpc) is 3.09. The first kappa shape index (κ1) is 20.5. The lowest BCUT2D eigenvalue weighted by atomic mass is 9.91. The monoisotopic (exact) mass is 408 g/mol. The Bertz CT molecular complexity index is 1020. The van der Waals surface area contributed by atoms with Crippen LogP contribution < -0.4 is 5.32 Å². The molecule has 0 spiro atoms. The number of methoxy groups -OCH3 is 1. The van der Waals surface area contributed by atoms with Gasteiger partial charge in [-0.05, 0) is 38.1 Å². The van der Waals surface area contributed by atoms with Crippen LogP contribution >= 0.6 is 0 Å². The van der Waals surface area contributed by atoms with Crippen LogP contribution in [-0.4, -0.2) is 65.1 Å². The van der Waals surface area contributed by atoms with Gasteiger partial charge in [0, 0.05) is 36.8 Å². The number of rotatable bonds is 6. The Kier molecular flexibility index (Phi) is 5.85. The third-order valence-corrected chi connectivity index (χ3v) is 5.72. The molecule has 1 aromatic heterocycles. The van der Waals surface area contributed by atoms with Gasteiger partial charge in [-0.2, -0.15) is 5.10 Å². The van der Waals surface area contributed by atoms with Crippen LogP contribution in [0.2, 0.25) is 0 Å². The van der Waals surface area contributed by atoms with Gasteiger partial charge in [0.25, 0.3) is 0 Å². The third kappa shape index (κ3) is 4.38. The van der Waals surface area contributed by atoms with Crippen molar-refractivity contribution in [2.45, 2.75) is 25.0 Å². The van der Waals surface area contributed by atoms with E-state index in [1.54, 1.807) is 0 Å². The number of aromatic nitrogens is 2. The summed E-state index contributed by atoms with van der Waals surface area (Å²) >= 11 is 0. The third-order valence-electron chi connectivity index (χ3n) is 5.72. The Balaban J connectivity index is 1.73. The maximum Gasteiger partial charge on any atom is 0.250 e. The van der Waals surface area contributed by atoms with E-state index in [1.807, 2.05) is 53.2 Å². The molecular weight excluding hydrogens is 380 g/mol. The zero-order valence-corrected chi connectivity index (χ0v) is 17.5. The molecule has 0 atom stereocenters. The van der Waals surface area contributed by atoms with Crippen LogP contribution in [-0.2, 0) is 16.1 Å². The molecule has 7 nitrogen and oxygen atoms in total. The van der Waals surface area contributed by atoms with E-state index < -0.39 is 5.60 Å². The summed E-state index contributed by atoms with van der Waals surface area (Å²) in [6.07, 6.45) is 1.41. The molecule has 0 saturated carbocycles. The van der Waals surface area contributed by atoms with Gasteiger partial charge in [0.15, 0.2) is 0 Å². The van der Waals surface area contributed by atoms with E-state index in [0.29, 0.717) is 25.1 Å². The average molecular weight is 409 g/mol. The first-order valence-corrected chi connectivity index (χ1v) is 10.2. The lowest BCUT2D eigenvalue weighted by molar-refractivity contribution is -0.119. The number of carbonyl (C=O) groups is 1. The standard InChI is InChI=1S/C23H28N4O3/c1-26-12-10-23(29,11-13-26)16-27-20-14-18(24-21(28)15-30-2)8-9-19(20)22(25-27)17-6-4-3-5-7-17/h3-9,14,29H,10-13,15-16H2,1-2H3,(H,24,28). The fourth-order valence-corrected chi connectivity index (χ4v) is 3.98. The Morgan fingerprint density at radius 1 is 1.20 bits per heavy atom. The fourth-order valence-electron chi connectivity index (χ4n) is 3.98. The van der Waals surface area contributed by atoms with Gasteiger partial charge in [-0.1, -0.05) is 30.3 Å². The molecular formula is C23H28N4O3. The molecule has 2 N–H and O–H groups in total. The van der Waals surface area contributed by atoms with Crippen molar-refractivity contribution in [1.82, 2.24) is 14.7 Å². The zero-order chi connectivity index (χ0) is 21.1. The molecule has 158 valence electrons. The molecule has 1 amide bonds. The molecule has 3 aromatic rings. The number of nitrogens with one attached hydrogen (secondary N) is 1. The number of benzene rings is 2. The highest BCUT2D eigenvalue weighted by molar-refractivity contribution is 5.98. The van der Waals surface area contributed by atoms with Gasteiger partial charge in [0.1, 0.15) is 12.3 Å². The second-order valence-electron chi connectivity index (χ2n) is 8.11. The number of ether oxygens (including phenoxy) is 1. The fraction of sp³-hybridized carbons (Fsp3) is 0.391. The van der Waals surface area contributed by atoms with Crippen molar-refractivity contribution in [2.24, 2.45) is 0 Å². The van der Waals surface area contributed by atoms with Crippen LogP contribution in [0.15, 0.2) is 48.5 Å². The Morgan fingerprint density at radius 3 is 2.63 bits per heavy atom. The topological polar surface area (TPSA) is 79.6 Å². The molecule has 2 aromatic carbocycles. The maximum atomic E-state index is 12.0. The predicted molar refractivity (Wildman–Crippen MR) is 117 cm³/mol. The van der Waals surface area contributed by atoms with Gasteiger partial charge in [-0.25, -0.2) is 0 Å². The number of piperidine rings is 1. The van der Waals surface area contributed by atoms with Gasteiger partial charge in [0.2, 0.25) is 5.91 Å². The number of carbonyl (C=O) groups excluding carboxylic acids is 1. The van der Waals surface area contributed by atoms with Crippen LogP contribution in [0.5, 0.6) is 0 Å². The smallest absolute Gasteiger partial charge is 0.250 e. The number of hydrogen-bond donors (Lipinski definition) is 2. The summed E-state index contributed by atoms with van der Waals surface area (Å²) in [5.74, 6) is -0.208. The summed E-state index contributed by atoms with van der Waals surface area (Å²) in [6, 6.07) is 15.8.